The van der Waals surface area contributed by atoms with Gasteiger partial charge in [-0.25, -0.2) is 0 Å². The molecular weight excluding hydrogens is 464 g/mol. The van der Waals surface area contributed by atoms with Crippen LogP contribution in [0.4, 0.5) is 5.69 Å². The number of aromatic nitrogens is 1. The molecule has 8 heteroatoms. The highest BCUT2D eigenvalue weighted by molar-refractivity contribution is 8.03. The maximum absolute atomic E-state index is 9.68. The van der Waals surface area contributed by atoms with Crippen LogP contribution in [0.25, 0.3) is 27.5 Å². The van der Waals surface area contributed by atoms with E-state index in [1.165, 1.54) is 4.90 Å². The van der Waals surface area contributed by atoms with Crippen LogP contribution in [0.15, 0.2) is 74.5 Å². The Hall–Kier alpha value is -2.29. The van der Waals surface area contributed by atoms with Crippen LogP contribution in [-0.2, 0) is 6.54 Å². The van der Waals surface area contributed by atoms with Gasteiger partial charge in [-0.05, 0) is 54.2 Å². The van der Waals surface area contributed by atoms with Crippen molar-refractivity contribution < 1.29 is 31.6 Å². The molecule has 0 unspecified atom stereocenters. The van der Waals surface area contributed by atoms with E-state index in [4.69, 9.17) is 4.42 Å². The Morgan fingerprint density at radius 3 is 2.69 bits per heavy atom. The summed E-state index contributed by atoms with van der Waals surface area (Å²) in [6.07, 6.45) is 4.29. The van der Waals surface area contributed by atoms with Crippen LogP contribution in [0.5, 0.6) is 0 Å². The summed E-state index contributed by atoms with van der Waals surface area (Å²) < 4.78 is 8.19. The highest BCUT2D eigenvalue weighted by atomic mass is 35.5. The number of para-hydroxylation sites is 2. The van der Waals surface area contributed by atoms with Gasteiger partial charge in [0.2, 0.25) is 0 Å². The summed E-state index contributed by atoms with van der Waals surface area (Å²) in [6.45, 7) is 3.31. The molecule has 0 atom stereocenters. The lowest BCUT2D eigenvalue weighted by molar-refractivity contribution is -0.669. The molecule has 0 spiro atoms. The van der Waals surface area contributed by atoms with Crippen molar-refractivity contribution in [3.63, 3.8) is 0 Å². The highest BCUT2D eigenvalue weighted by Gasteiger charge is 2.26. The predicted octanol–water partition coefficient (Wildman–Crippen LogP) is 1.78. The monoisotopic (exact) mass is 486 g/mol. The van der Waals surface area contributed by atoms with E-state index in [0.29, 0.717) is 13.1 Å². The number of halogens is 1. The summed E-state index contributed by atoms with van der Waals surface area (Å²) in [5.41, 5.74) is 4.13. The van der Waals surface area contributed by atoms with E-state index < -0.39 is 0 Å². The first kappa shape index (κ1) is 22.9. The van der Waals surface area contributed by atoms with Crippen molar-refractivity contribution in [1.29, 1.82) is 0 Å². The quantitative estimate of drug-likeness (QED) is 0.407. The molecule has 0 amide bonds. The first-order chi connectivity index (χ1) is 15.2. The van der Waals surface area contributed by atoms with Crippen molar-refractivity contribution >= 4 is 56.2 Å². The standard InChI is InChI=1S/C24H23N2O3S2.ClH/c1-16(14-21-25(10-12-27)18-7-3-5-9-20(18)30-21)15-22-26(11-13-28)23-17-6-2-4-8-19(17)29-24(23)31-22;/h2-9,14-15,27-28H,10-13H2,1H3;1H/q+1;/p-1. The van der Waals surface area contributed by atoms with E-state index in [-0.39, 0.29) is 25.6 Å². The first-order valence-corrected chi connectivity index (χ1v) is 11.8. The Balaban J connectivity index is 0.00000245. The van der Waals surface area contributed by atoms with Crippen LogP contribution in [0.2, 0.25) is 0 Å². The minimum atomic E-state index is 0. The van der Waals surface area contributed by atoms with Gasteiger partial charge in [0.05, 0.1) is 22.7 Å². The fourth-order valence-electron chi connectivity index (χ4n) is 3.95. The number of rotatable bonds is 6. The number of fused-ring (bicyclic) bond motifs is 4. The van der Waals surface area contributed by atoms with E-state index in [1.54, 1.807) is 23.1 Å². The van der Waals surface area contributed by atoms with Crippen molar-refractivity contribution in [2.45, 2.75) is 18.4 Å². The molecule has 0 bridgehead atoms. The van der Waals surface area contributed by atoms with Gasteiger partial charge >= 0.3 is 0 Å². The van der Waals surface area contributed by atoms with Crippen LogP contribution in [-0.4, -0.2) is 30.0 Å². The molecular formula is C24H23ClN2O3S2. The average Bonchev–Trinajstić information content (AvgIpc) is 3.40. The molecule has 166 valence electrons. The maximum Gasteiger partial charge on any atom is 0.271 e. The van der Waals surface area contributed by atoms with Crippen molar-refractivity contribution in [3.05, 3.63) is 70.2 Å². The molecule has 3 heterocycles. The lowest BCUT2D eigenvalue weighted by Crippen LogP contribution is -3.00. The molecule has 0 saturated heterocycles. The third-order valence-corrected chi connectivity index (χ3v) is 7.38. The van der Waals surface area contributed by atoms with Crippen LogP contribution >= 0.6 is 23.1 Å². The summed E-state index contributed by atoms with van der Waals surface area (Å²) in [6, 6.07) is 16.3. The molecule has 5 nitrogen and oxygen atoms in total. The fourth-order valence-corrected chi connectivity index (χ4v) is 6.32. The summed E-state index contributed by atoms with van der Waals surface area (Å²) in [4.78, 5) is 4.23. The van der Waals surface area contributed by atoms with E-state index in [1.807, 2.05) is 30.3 Å². The molecule has 1 aliphatic rings. The molecule has 1 aliphatic heterocycles. The maximum atomic E-state index is 9.68. The third-order valence-electron chi connectivity index (χ3n) is 5.26. The van der Waals surface area contributed by atoms with Gasteiger partial charge in [0.15, 0.2) is 6.54 Å². The van der Waals surface area contributed by atoms with E-state index >= 15 is 0 Å². The Bertz CT molecular complexity index is 1330. The van der Waals surface area contributed by atoms with Gasteiger partial charge in [-0.15, -0.1) is 0 Å². The third kappa shape index (κ3) is 4.07. The number of furan rings is 1. The molecule has 2 aromatic carbocycles. The largest absolute Gasteiger partial charge is 1.00 e. The first-order valence-electron chi connectivity index (χ1n) is 10.2. The molecule has 4 aromatic rings. The number of β-amino-alcohol motifs (C(OH)–C–C–N with tert-alkyl or cyclic N) is 1. The number of hydrogen-bond acceptors (Lipinski definition) is 6. The molecule has 0 saturated carbocycles. The summed E-state index contributed by atoms with van der Waals surface area (Å²) in [5, 5.41) is 22.4. The number of benzene rings is 2. The van der Waals surface area contributed by atoms with Gasteiger partial charge in [0.25, 0.3) is 15.4 Å². The van der Waals surface area contributed by atoms with Gasteiger partial charge in [-0.3, -0.25) is 0 Å². The lowest BCUT2D eigenvalue weighted by atomic mass is 10.2. The van der Waals surface area contributed by atoms with Gasteiger partial charge in [0.1, 0.15) is 12.2 Å². The predicted molar refractivity (Wildman–Crippen MR) is 127 cm³/mol. The van der Waals surface area contributed by atoms with E-state index in [2.05, 4.69) is 46.7 Å². The molecule has 2 N–H and O–H groups in total. The van der Waals surface area contributed by atoms with Crippen molar-refractivity contribution in [1.82, 2.24) is 0 Å². The van der Waals surface area contributed by atoms with Crippen LogP contribution < -0.4 is 21.9 Å². The van der Waals surface area contributed by atoms with E-state index in [9.17, 15) is 10.2 Å². The zero-order valence-corrected chi connectivity index (χ0v) is 19.9. The Morgan fingerprint density at radius 1 is 1.09 bits per heavy atom. The number of thiazole rings is 1. The number of allylic oxidation sites excluding steroid dienone is 2. The molecule has 32 heavy (non-hydrogen) atoms. The summed E-state index contributed by atoms with van der Waals surface area (Å²) in [5.74, 6) is 0. The molecule has 2 aromatic heterocycles. The number of aliphatic hydroxyl groups excluding tert-OH is 2. The second kappa shape index (κ2) is 9.68. The molecule has 0 fully saturated rings. The normalized spacial score (nSPS) is 15.0. The second-order valence-corrected chi connectivity index (χ2v) is 9.42. The molecule has 0 radical (unpaired) electrons. The SMILES string of the molecule is CC(=C/c1sc2oc3ccccc3c2[n+]1CCO)/C=C1\Sc2ccccc2N1CCO.[Cl-]. The average molecular weight is 487 g/mol. The zero-order valence-electron chi connectivity index (χ0n) is 17.5. The van der Waals surface area contributed by atoms with Crippen LogP contribution in [0, 0.1) is 0 Å². The molecule has 0 aliphatic carbocycles. The number of thioether (sulfide) groups is 1. The number of anilines is 1. The fraction of sp³-hybridized carbons (Fsp3) is 0.208. The molecule has 5 rings (SSSR count). The number of nitrogens with zero attached hydrogens (tertiary/aromatic N) is 2. The van der Waals surface area contributed by atoms with Crippen LogP contribution in [0.3, 0.4) is 0 Å². The Kier molecular flexibility index (Phi) is 6.93. The van der Waals surface area contributed by atoms with Crippen molar-refractivity contribution in [3.8, 4) is 0 Å². The van der Waals surface area contributed by atoms with Gasteiger partial charge in [-0.2, -0.15) is 4.57 Å². The number of aliphatic hydroxyl groups is 2. The van der Waals surface area contributed by atoms with E-state index in [0.717, 1.165) is 42.7 Å². The minimum Gasteiger partial charge on any atom is -1.00 e. The zero-order chi connectivity index (χ0) is 21.4. The van der Waals surface area contributed by atoms with Gasteiger partial charge < -0.3 is 31.9 Å². The van der Waals surface area contributed by atoms with Crippen molar-refractivity contribution in [2.24, 2.45) is 0 Å². The highest BCUT2D eigenvalue weighted by Crippen LogP contribution is 2.46. The van der Waals surface area contributed by atoms with Gasteiger partial charge in [0, 0.05) is 17.5 Å². The second-order valence-electron chi connectivity index (χ2n) is 7.37. The summed E-state index contributed by atoms with van der Waals surface area (Å²) in [7, 11) is 0. The Labute approximate surface area is 200 Å². The van der Waals surface area contributed by atoms with Crippen molar-refractivity contribution in [2.75, 3.05) is 24.7 Å². The van der Waals surface area contributed by atoms with Crippen LogP contribution in [0.1, 0.15) is 11.9 Å². The smallest absolute Gasteiger partial charge is 0.271 e. The lowest BCUT2D eigenvalue weighted by Gasteiger charge is -2.19. The minimum absolute atomic E-state index is 0. The number of hydrogen-bond donors (Lipinski definition) is 2. The topological polar surface area (TPSA) is 60.7 Å². The Morgan fingerprint density at radius 2 is 1.88 bits per heavy atom. The van der Waals surface area contributed by atoms with Gasteiger partial charge in [-0.1, -0.05) is 36.0 Å². The summed E-state index contributed by atoms with van der Waals surface area (Å²) >= 11 is 3.31.